The average molecular weight is 201 g/mol. The molecule has 0 fully saturated rings. The molecule has 2 aromatic rings. The fourth-order valence-electron chi connectivity index (χ4n) is 1.67. The summed E-state index contributed by atoms with van der Waals surface area (Å²) >= 11 is 0. The Hall–Kier alpha value is -1.77. The van der Waals surface area contributed by atoms with E-state index in [1.165, 1.54) is 0 Å². The number of fused-ring (bicyclic) bond motifs is 1. The lowest BCUT2D eigenvalue weighted by atomic mass is 10.2. The van der Waals surface area contributed by atoms with Crippen LogP contribution >= 0.6 is 0 Å². The van der Waals surface area contributed by atoms with Crippen LogP contribution in [0.5, 0.6) is 0 Å². The predicted octanol–water partition coefficient (Wildman–Crippen LogP) is 2.10. The Labute approximate surface area is 88.7 Å². The molecule has 0 saturated carbocycles. The highest BCUT2D eigenvalue weighted by molar-refractivity contribution is 5.84. The van der Waals surface area contributed by atoms with Crippen LogP contribution in [0, 0.1) is 0 Å². The summed E-state index contributed by atoms with van der Waals surface area (Å²) in [6.07, 6.45) is 1.92. The first-order chi connectivity index (χ1) is 7.35. The largest absolute Gasteiger partial charge is 0.351 e. The molecule has 15 heavy (non-hydrogen) atoms. The fourth-order valence-corrected chi connectivity index (χ4v) is 1.67. The van der Waals surface area contributed by atoms with Crippen molar-refractivity contribution in [3.8, 4) is 0 Å². The molecule has 1 radical (unpaired) electrons. The number of nitrogens with one attached hydrogen (secondary N) is 1. The maximum atomic E-state index is 10.4. The van der Waals surface area contributed by atoms with Crippen molar-refractivity contribution in [1.82, 2.24) is 4.98 Å². The lowest BCUT2D eigenvalue weighted by Gasteiger charge is -2.16. The van der Waals surface area contributed by atoms with Crippen molar-refractivity contribution >= 4 is 23.0 Å². The summed E-state index contributed by atoms with van der Waals surface area (Å²) in [5.41, 5.74) is 1.09. The molecule has 0 spiro atoms. The van der Waals surface area contributed by atoms with Crippen LogP contribution in [0.2, 0.25) is 0 Å². The van der Waals surface area contributed by atoms with Crippen LogP contribution in [-0.4, -0.2) is 24.4 Å². The number of hydrogen-bond donors (Lipinski definition) is 1. The van der Waals surface area contributed by atoms with E-state index in [-0.39, 0.29) is 0 Å². The lowest BCUT2D eigenvalue weighted by molar-refractivity contribution is 0.554. The molecule has 0 aliphatic carbocycles. The molecule has 0 amide bonds. The number of carbonyl (C=O) groups excluding carboxylic acids is 1. The third kappa shape index (κ3) is 1.86. The SMILES string of the molecule is CCN(C[C]=O)c1cc2ccccc2[nH]1. The quantitative estimate of drug-likeness (QED) is 0.822. The van der Waals surface area contributed by atoms with Gasteiger partial charge in [0.25, 0.3) is 0 Å². The minimum absolute atomic E-state index is 0.309. The molecule has 1 N–H and O–H groups in total. The Bertz CT molecular complexity index is 428. The summed E-state index contributed by atoms with van der Waals surface area (Å²) in [5, 5.41) is 1.16. The molecule has 1 heterocycles. The second-order valence-corrected chi connectivity index (χ2v) is 3.40. The fraction of sp³-hybridized carbons (Fsp3) is 0.250. The summed E-state index contributed by atoms with van der Waals surface area (Å²) in [6, 6.07) is 10.1. The molecule has 3 heteroatoms. The number of nitrogens with zero attached hydrogens (tertiary/aromatic N) is 1. The van der Waals surface area contributed by atoms with Crippen molar-refractivity contribution in [1.29, 1.82) is 0 Å². The van der Waals surface area contributed by atoms with Gasteiger partial charge in [-0.05, 0) is 19.1 Å². The minimum atomic E-state index is 0.309. The van der Waals surface area contributed by atoms with Crippen molar-refractivity contribution in [3.05, 3.63) is 30.3 Å². The van der Waals surface area contributed by atoms with Crippen LogP contribution < -0.4 is 4.90 Å². The molecule has 1 aromatic heterocycles. The van der Waals surface area contributed by atoms with Gasteiger partial charge in [0.1, 0.15) is 5.82 Å². The Morgan fingerprint density at radius 1 is 1.40 bits per heavy atom. The van der Waals surface area contributed by atoms with E-state index in [1.54, 1.807) is 0 Å². The van der Waals surface area contributed by atoms with Gasteiger partial charge in [-0.25, -0.2) is 0 Å². The summed E-state index contributed by atoms with van der Waals surface area (Å²) in [7, 11) is 0. The Kier molecular flexibility index (Phi) is 2.72. The molecule has 77 valence electrons. The standard InChI is InChI=1S/C12H13N2O/c1-2-14(7-8-15)12-9-10-5-3-4-6-11(10)13-12/h3-6,9,13H,2,7H2,1H3. The molecule has 0 aliphatic heterocycles. The first-order valence-corrected chi connectivity index (χ1v) is 5.03. The highest BCUT2D eigenvalue weighted by atomic mass is 16.1. The van der Waals surface area contributed by atoms with Gasteiger partial charge in [0.2, 0.25) is 6.29 Å². The number of anilines is 1. The van der Waals surface area contributed by atoms with Gasteiger partial charge < -0.3 is 9.88 Å². The Morgan fingerprint density at radius 3 is 2.87 bits per heavy atom. The van der Waals surface area contributed by atoms with Gasteiger partial charge >= 0.3 is 0 Å². The normalized spacial score (nSPS) is 10.5. The van der Waals surface area contributed by atoms with Crippen LogP contribution in [0.1, 0.15) is 6.92 Å². The van der Waals surface area contributed by atoms with Gasteiger partial charge in [-0.3, -0.25) is 4.79 Å². The number of H-pyrrole nitrogens is 1. The van der Waals surface area contributed by atoms with Gasteiger partial charge in [0.05, 0.1) is 6.54 Å². The zero-order valence-corrected chi connectivity index (χ0v) is 8.66. The van der Waals surface area contributed by atoms with Crippen molar-refractivity contribution in [2.75, 3.05) is 18.0 Å². The molecule has 0 bridgehead atoms. The number of benzene rings is 1. The topological polar surface area (TPSA) is 36.1 Å². The average Bonchev–Trinajstić information content (AvgIpc) is 2.69. The highest BCUT2D eigenvalue weighted by Gasteiger charge is 2.06. The number of likely N-dealkylation sites (N-methyl/N-ethyl adjacent to an activating group) is 1. The number of hydrogen-bond acceptors (Lipinski definition) is 2. The van der Waals surface area contributed by atoms with Gasteiger partial charge in [0, 0.05) is 17.4 Å². The highest BCUT2D eigenvalue weighted by Crippen LogP contribution is 2.20. The van der Waals surface area contributed by atoms with Crippen molar-refractivity contribution < 1.29 is 4.79 Å². The summed E-state index contributed by atoms with van der Waals surface area (Å²) in [6.45, 7) is 3.12. The van der Waals surface area contributed by atoms with Crippen molar-refractivity contribution in [3.63, 3.8) is 0 Å². The van der Waals surface area contributed by atoms with E-state index in [0.29, 0.717) is 6.54 Å². The van der Waals surface area contributed by atoms with Gasteiger partial charge in [0.15, 0.2) is 0 Å². The molecule has 0 aliphatic rings. The second kappa shape index (κ2) is 4.17. The Morgan fingerprint density at radius 2 is 2.20 bits per heavy atom. The summed E-state index contributed by atoms with van der Waals surface area (Å²) in [5.74, 6) is 0.974. The molecule has 3 nitrogen and oxygen atoms in total. The monoisotopic (exact) mass is 201 g/mol. The summed E-state index contributed by atoms with van der Waals surface area (Å²) < 4.78 is 0. The van der Waals surface area contributed by atoms with Crippen molar-refractivity contribution in [2.24, 2.45) is 0 Å². The number of aromatic amines is 1. The van der Waals surface area contributed by atoms with Gasteiger partial charge in [-0.15, -0.1) is 0 Å². The van der Waals surface area contributed by atoms with Crippen molar-refractivity contribution in [2.45, 2.75) is 6.92 Å². The molecule has 0 unspecified atom stereocenters. The van der Waals surface area contributed by atoms with Crippen LogP contribution in [0.25, 0.3) is 10.9 Å². The van der Waals surface area contributed by atoms with E-state index >= 15 is 0 Å². The first kappa shape index (κ1) is 9.77. The van der Waals surface area contributed by atoms with Crippen LogP contribution in [0.4, 0.5) is 5.82 Å². The third-order valence-corrected chi connectivity index (χ3v) is 2.49. The molecule has 0 atom stereocenters. The smallest absolute Gasteiger partial charge is 0.219 e. The first-order valence-electron chi connectivity index (χ1n) is 5.03. The molecule has 2 rings (SSSR count). The second-order valence-electron chi connectivity index (χ2n) is 3.40. The summed E-state index contributed by atoms with van der Waals surface area (Å²) in [4.78, 5) is 15.6. The number of rotatable bonds is 4. The van der Waals surface area contributed by atoms with Crippen LogP contribution in [0.3, 0.4) is 0 Å². The number of para-hydroxylation sites is 1. The van der Waals surface area contributed by atoms with Crippen LogP contribution in [0.15, 0.2) is 30.3 Å². The molecule has 1 aromatic carbocycles. The maximum absolute atomic E-state index is 10.4. The van der Waals surface area contributed by atoms with E-state index in [9.17, 15) is 4.79 Å². The molecular formula is C12H13N2O. The van der Waals surface area contributed by atoms with E-state index in [0.717, 1.165) is 23.3 Å². The Balaban J connectivity index is 2.38. The van der Waals surface area contributed by atoms with Crippen LogP contribution in [-0.2, 0) is 4.79 Å². The minimum Gasteiger partial charge on any atom is -0.351 e. The van der Waals surface area contributed by atoms with E-state index < -0.39 is 0 Å². The third-order valence-electron chi connectivity index (χ3n) is 2.49. The zero-order chi connectivity index (χ0) is 10.7. The van der Waals surface area contributed by atoms with E-state index in [1.807, 2.05) is 42.4 Å². The lowest BCUT2D eigenvalue weighted by Crippen LogP contribution is -2.24. The predicted molar refractivity (Wildman–Crippen MR) is 61.9 cm³/mol. The van der Waals surface area contributed by atoms with E-state index in [2.05, 4.69) is 11.1 Å². The maximum Gasteiger partial charge on any atom is 0.219 e. The van der Waals surface area contributed by atoms with Gasteiger partial charge in [-0.1, -0.05) is 18.2 Å². The van der Waals surface area contributed by atoms with E-state index in [4.69, 9.17) is 0 Å². The molecular weight excluding hydrogens is 188 g/mol. The number of aromatic nitrogens is 1. The van der Waals surface area contributed by atoms with Gasteiger partial charge in [-0.2, -0.15) is 0 Å². The molecule has 0 saturated heterocycles. The zero-order valence-electron chi connectivity index (χ0n) is 8.66.